The van der Waals surface area contributed by atoms with Crippen molar-refractivity contribution in [3.63, 3.8) is 0 Å². The topological polar surface area (TPSA) is 176 Å². The van der Waals surface area contributed by atoms with E-state index in [1.54, 1.807) is 58.3 Å². The van der Waals surface area contributed by atoms with Crippen LogP contribution >= 0.6 is 35.6 Å². The first-order chi connectivity index (χ1) is 30.5. The first-order valence-electron chi connectivity index (χ1n) is 20.4. The van der Waals surface area contributed by atoms with Gasteiger partial charge in [-0.3, -0.25) is 29.5 Å². The number of Topliss-reactive ketones (excluding diaryl/α,β-unsaturated/α-hetero) is 1. The molecule has 0 atom stereocenters. The molecule has 0 unspecified atom stereocenters. The van der Waals surface area contributed by atoms with Gasteiger partial charge in [0.1, 0.15) is 13.2 Å². The van der Waals surface area contributed by atoms with Gasteiger partial charge in [-0.25, -0.2) is 19.2 Å². The minimum absolute atomic E-state index is 0. The number of benzene rings is 2. The monoisotopic (exact) mass is 940 g/mol. The van der Waals surface area contributed by atoms with Crippen LogP contribution in [0.3, 0.4) is 0 Å². The van der Waals surface area contributed by atoms with E-state index in [1.165, 1.54) is 26.6 Å². The van der Waals surface area contributed by atoms with Crippen molar-refractivity contribution >= 4 is 76.8 Å². The maximum atomic E-state index is 13.4. The predicted molar refractivity (Wildman–Crippen MR) is 242 cm³/mol. The molecule has 2 aromatic heterocycles. The lowest BCUT2D eigenvalue weighted by atomic mass is 10.2. The summed E-state index contributed by atoms with van der Waals surface area (Å²) in [7, 11) is 2.65. The fourth-order valence-electron chi connectivity index (χ4n) is 6.71. The van der Waals surface area contributed by atoms with E-state index in [0.29, 0.717) is 78.0 Å². The molecule has 17 nitrogen and oxygen atoms in total. The van der Waals surface area contributed by atoms with Gasteiger partial charge in [-0.15, -0.1) is 12.4 Å². The molecule has 0 bridgehead atoms. The summed E-state index contributed by atoms with van der Waals surface area (Å²) in [5, 5.41) is 4.45. The number of hydrogen-bond donors (Lipinski definition) is 1. The zero-order valence-electron chi connectivity index (χ0n) is 35.5. The molecule has 2 aromatic carbocycles. The van der Waals surface area contributed by atoms with E-state index in [0.717, 1.165) is 50.8 Å². The number of esters is 2. The van der Waals surface area contributed by atoms with Gasteiger partial charge in [0.2, 0.25) is 0 Å². The molecule has 0 saturated carbocycles. The second-order valence-corrected chi connectivity index (χ2v) is 15.6. The lowest BCUT2D eigenvalue weighted by Crippen LogP contribution is -2.59. The fraction of sp³-hybridized carbons (Fsp3) is 0.386. The van der Waals surface area contributed by atoms with Crippen molar-refractivity contribution in [1.82, 2.24) is 30.0 Å². The Hall–Kier alpha value is -5.40. The van der Waals surface area contributed by atoms with Crippen LogP contribution < -0.4 is 15.1 Å². The molecular weight excluding hydrogens is 891 g/mol. The number of piperazine rings is 2. The number of carbonyl (C=O) groups excluding carboxylic acids is 5. The van der Waals surface area contributed by atoms with Gasteiger partial charge in [-0.2, -0.15) is 0 Å². The molecule has 20 heteroatoms. The second-order valence-electron chi connectivity index (χ2n) is 14.7. The van der Waals surface area contributed by atoms with Gasteiger partial charge in [-0.1, -0.05) is 23.2 Å². The van der Waals surface area contributed by atoms with Crippen molar-refractivity contribution in [2.75, 3.05) is 103 Å². The third-order valence-electron chi connectivity index (χ3n) is 10.5. The van der Waals surface area contributed by atoms with Crippen LogP contribution in [-0.2, 0) is 36.8 Å². The Morgan fingerprint density at radius 2 is 1.08 bits per heavy atom. The summed E-state index contributed by atoms with van der Waals surface area (Å²) in [5.41, 5.74) is 3.55. The number of amides is 4. The van der Waals surface area contributed by atoms with E-state index in [-0.39, 0.29) is 43.3 Å². The molecule has 4 fully saturated rings. The van der Waals surface area contributed by atoms with E-state index in [1.807, 2.05) is 34.1 Å². The number of methoxy groups -OCH3 is 2. The predicted octanol–water partition coefficient (Wildman–Crippen LogP) is 5.23. The van der Waals surface area contributed by atoms with E-state index >= 15 is 0 Å². The van der Waals surface area contributed by atoms with Crippen molar-refractivity contribution < 1.29 is 42.9 Å². The maximum absolute atomic E-state index is 13.4. The number of hydrogen-bond acceptors (Lipinski definition) is 13. The van der Waals surface area contributed by atoms with Crippen LogP contribution in [0.25, 0.3) is 0 Å². The normalized spacial score (nSPS) is 15.9. The number of ether oxygens (including phenoxy) is 4. The van der Waals surface area contributed by atoms with Crippen LogP contribution in [0.4, 0.5) is 21.0 Å². The molecule has 4 aliphatic rings. The minimum Gasteiger partial charge on any atom is -0.465 e. The molecule has 4 aliphatic heterocycles. The Balaban J connectivity index is 0.000000215. The Morgan fingerprint density at radius 3 is 1.41 bits per heavy atom. The number of pyridine rings is 2. The van der Waals surface area contributed by atoms with Crippen LogP contribution in [0.1, 0.15) is 32.1 Å². The molecular formula is C44H51Cl3N8O9. The Bertz CT molecular complexity index is 2150. The Kier molecular flexibility index (Phi) is 19.1. The number of aromatic nitrogens is 2. The summed E-state index contributed by atoms with van der Waals surface area (Å²) in [4.78, 5) is 77.6. The Morgan fingerprint density at radius 1 is 0.656 bits per heavy atom. The van der Waals surface area contributed by atoms with Gasteiger partial charge < -0.3 is 34.1 Å². The van der Waals surface area contributed by atoms with Gasteiger partial charge in [0, 0.05) is 86.2 Å². The molecule has 4 saturated heterocycles. The van der Waals surface area contributed by atoms with Crippen LogP contribution in [0.5, 0.6) is 0 Å². The van der Waals surface area contributed by atoms with Crippen molar-refractivity contribution in [3.05, 3.63) is 118 Å². The van der Waals surface area contributed by atoms with E-state index < -0.39 is 11.9 Å². The van der Waals surface area contributed by atoms with E-state index in [2.05, 4.69) is 29.7 Å². The smallest absolute Gasteiger partial charge is 0.339 e. The number of ketones is 1. The van der Waals surface area contributed by atoms with Crippen molar-refractivity contribution in [3.8, 4) is 0 Å². The molecule has 0 radical (unpaired) electrons. The van der Waals surface area contributed by atoms with Crippen LogP contribution in [0.15, 0.2) is 85.2 Å². The lowest BCUT2D eigenvalue weighted by molar-refractivity contribution is -0.140. The third-order valence-corrected chi connectivity index (χ3v) is 11.0. The number of anilines is 2. The highest BCUT2D eigenvalue weighted by Gasteiger charge is 2.32. The number of urea groups is 2. The molecule has 0 spiro atoms. The molecule has 342 valence electrons. The molecule has 64 heavy (non-hydrogen) atoms. The highest BCUT2D eigenvalue weighted by Crippen LogP contribution is 2.24. The molecule has 1 N–H and O–H groups in total. The number of rotatable bonds is 9. The van der Waals surface area contributed by atoms with Gasteiger partial charge in [-0.05, 0) is 72.8 Å². The highest BCUT2D eigenvalue weighted by atomic mass is 35.5. The van der Waals surface area contributed by atoms with Crippen LogP contribution in [0, 0.1) is 0 Å². The van der Waals surface area contributed by atoms with Crippen LogP contribution in [0.2, 0.25) is 10.0 Å². The first kappa shape index (κ1) is 49.6. The molecule has 8 rings (SSSR count). The SMILES string of the molecule is COC(=O)c1ccc(CN(C(=O)N2CCN(C3COC3)CC2)c2ccc(Cl)cc2)nc1.COC(=O)c1ccc(CN(C(=O)N2CCNCC2)c2ccc(Cl)cc2)nc1.Cl.O=C1COC1. The molecule has 6 heterocycles. The van der Waals surface area contributed by atoms with Crippen LogP contribution in [-0.4, -0.2) is 153 Å². The van der Waals surface area contributed by atoms with E-state index in [4.69, 9.17) is 32.7 Å². The first-order valence-corrected chi connectivity index (χ1v) is 21.1. The fourth-order valence-corrected chi connectivity index (χ4v) is 6.97. The largest absolute Gasteiger partial charge is 0.465 e. The zero-order chi connectivity index (χ0) is 44.7. The van der Waals surface area contributed by atoms with Crippen molar-refractivity contribution in [2.45, 2.75) is 19.1 Å². The third kappa shape index (κ3) is 13.8. The second kappa shape index (κ2) is 24.6. The zero-order valence-corrected chi connectivity index (χ0v) is 37.9. The lowest BCUT2D eigenvalue weighted by Gasteiger charge is -2.43. The summed E-state index contributed by atoms with van der Waals surface area (Å²) in [6.07, 6.45) is 2.92. The average Bonchev–Trinajstić information content (AvgIpc) is 3.30. The minimum atomic E-state index is -0.445. The van der Waals surface area contributed by atoms with Crippen molar-refractivity contribution in [1.29, 1.82) is 0 Å². The summed E-state index contributed by atoms with van der Waals surface area (Å²) in [6, 6.07) is 21.4. The number of carbonyl (C=O) groups is 5. The number of halogens is 3. The van der Waals surface area contributed by atoms with Gasteiger partial charge >= 0.3 is 24.0 Å². The Labute approximate surface area is 387 Å². The average molecular weight is 942 g/mol. The van der Waals surface area contributed by atoms with Gasteiger partial charge in [0.05, 0.1) is 69.1 Å². The van der Waals surface area contributed by atoms with Crippen molar-refractivity contribution in [2.24, 2.45) is 0 Å². The molecule has 4 amide bonds. The van der Waals surface area contributed by atoms with E-state index in [9.17, 15) is 24.0 Å². The summed E-state index contributed by atoms with van der Waals surface area (Å²) >= 11 is 12.0. The molecule has 4 aromatic rings. The number of nitrogens with one attached hydrogen (secondary N) is 1. The summed E-state index contributed by atoms with van der Waals surface area (Å²) < 4.78 is 19.2. The molecule has 0 aliphatic carbocycles. The summed E-state index contributed by atoms with van der Waals surface area (Å²) in [6.45, 7) is 8.64. The standard InChI is InChI=1S/C22H25ClN4O4.C19H21ClN4O3.C3H4O2.ClH/c1-30-21(28)16-2-5-18(24-12-16)13-27(19-6-3-17(23)4-7-19)22(29)26-10-8-25(9-11-26)20-14-31-15-20;1-27-18(25)14-2-5-16(22-12-14)13-24(17-6-3-15(20)4-7-17)19(26)23-10-8-21-9-11-23;4-3-1-5-2-3;/h2-7,12,20H,8-11,13-15H2,1H3;2-7,12,21H,8-11,13H2,1H3;1-2H2;1H. The number of nitrogens with zero attached hydrogens (tertiary/aromatic N) is 7. The summed E-state index contributed by atoms with van der Waals surface area (Å²) in [5.74, 6) is -0.676. The van der Waals surface area contributed by atoms with Gasteiger partial charge in [0.25, 0.3) is 0 Å². The van der Waals surface area contributed by atoms with Gasteiger partial charge in [0.15, 0.2) is 5.78 Å². The maximum Gasteiger partial charge on any atom is 0.339 e. The quantitative estimate of drug-likeness (QED) is 0.216. The highest BCUT2D eigenvalue weighted by molar-refractivity contribution is 6.31.